The summed E-state index contributed by atoms with van der Waals surface area (Å²) in [5.41, 5.74) is 0. The molecule has 9 heavy (non-hydrogen) atoms. The number of hydrogen-bond donors (Lipinski definition) is 0. The average molecular weight is 139 g/mol. The number of rotatable bonds is 1. The Morgan fingerprint density at radius 2 is 2.33 bits per heavy atom. The summed E-state index contributed by atoms with van der Waals surface area (Å²) >= 11 is 5.35. The van der Waals surface area contributed by atoms with Gasteiger partial charge in [-0.1, -0.05) is 0 Å². The van der Waals surface area contributed by atoms with Gasteiger partial charge in [0, 0.05) is 0 Å². The molecule has 0 fully saturated rings. The summed E-state index contributed by atoms with van der Waals surface area (Å²) in [6, 6.07) is 0. The zero-order valence-corrected chi connectivity index (χ0v) is 5.08. The fraction of sp³-hybridized carbons (Fsp3) is 0. The minimum absolute atomic E-state index is 0.0919. The number of halogens is 1. The molecule has 1 heterocycles. The van der Waals surface area contributed by atoms with E-state index in [0.29, 0.717) is 0 Å². The van der Waals surface area contributed by atoms with Crippen molar-refractivity contribution in [2.24, 2.45) is 4.90 Å². The van der Waals surface area contributed by atoms with E-state index in [-0.39, 0.29) is 11.2 Å². The van der Waals surface area contributed by atoms with Crippen LogP contribution < -0.4 is 0 Å². The van der Waals surface area contributed by atoms with Gasteiger partial charge < -0.3 is 0 Å². The first-order chi connectivity index (χ1) is 4.33. The molecule has 43 valence electrons. The van der Waals surface area contributed by atoms with Crippen LogP contribution in [-0.2, 0) is 0 Å². The first-order valence-electron chi connectivity index (χ1n) is 2.08. The molecular weight excluding hydrogens is 138 g/mol. The van der Waals surface area contributed by atoms with Crippen LogP contribution in [0.2, 0.25) is 5.28 Å². The van der Waals surface area contributed by atoms with Gasteiger partial charge in [-0.15, -0.1) is 0 Å². The summed E-state index contributed by atoms with van der Waals surface area (Å²) in [6.07, 6.45) is 1.24. The molecule has 0 aromatic carbocycles. The summed E-state index contributed by atoms with van der Waals surface area (Å²) in [4.78, 5) is 13.8. The van der Waals surface area contributed by atoms with Gasteiger partial charge in [0.15, 0.2) is 0 Å². The Morgan fingerprint density at radius 1 is 1.56 bits per heavy atom. The molecule has 0 N–H and O–H groups in total. The van der Waals surface area contributed by atoms with Crippen molar-refractivity contribution in [3.05, 3.63) is 11.6 Å². The fourth-order valence-electron chi connectivity index (χ4n) is 0.331. The molecule has 1 aromatic heterocycles. The zero-order chi connectivity index (χ0) is 6.69. The zero-order valence-electron chi connectivity index (χ0n) is 4.32. The molecule has 0 aliphatic carbocycles. The van der Waals surface area contributed by atoms with E-state index < -0.39 is 0 Å². The molecule has 0 bridgehead atoms. The van der Waals surface area contributed by atoms with Crippen molar-refractivity contribution in [2.75, 3.05) is 0 Å². The van der Waals surface area contributed by atoms with Gasteiger partial charge in [0.05, 0.1) is 0 Å². The Kier molecular flexibility index (Phi) is 1.84. The molecule has 0 saturated heterocycles. The van der Waals surface area contributed by atoms with Crippen molar-refractivity contribution < 1.29 is 0 Å². The number of nitrogens with zero attached hydrogens (tertiary/aromatic N) is 4. The Balaban J connectivity index is 3.07. The molecule has 0 aliphatic heterocycles. The first kappa shape index (κ1) is 6.29. The number of hydrogen-bond acceptors (Lipinski definition) is 4. The summed E-state index contributed by atoms with van der Waals surface area (Å²) in [5.74, 6) is 0.134. The maximum absolute atomic E-state index is 5.35. The molecule has 4 nitrogen and oxygen atoms in total. The molecule has 0 spiro atoms. The normalized spacial score (nSPS) is 8.89. The second kappa shape index (κ2) is 2.64. The molecule has 0 amide bonds. The van der Waals surface area contributed by atoms with E-state index in [1.165, 1.54) is 6.33 Å². The van der Waals surface area contributed by atoms with E-state index in [4.69, 9.17) is 19.2 Å². The van der Waals surface area contributed by atoms with Crippen LogP contribution in [0.3, 0.4) is 0 Å². The van der Waals surface area contributed by atoms with Gasteiger partial charge in [-0.2, -0.15) is 0 Å². The Bertz CT molecular complexity index is 227. The Hall–Kier alpha value is -0.835. The van der Waals surface area contributed by atoms with Crippen molar-refractivity contribution >= 4 is 25.2 Å². The molecule has 0 atom stereocenters. The first-order valence-corrected chi connectivity index (χ1v) is 2.46. The van der Waals surface area contributed by atoms with Gasteiger partial charge in [0.2, 0.25) is 0 Å². The van der Waals surface area contributed by atoms with Gasteiger partial charge in [-0.05, 0) is 0 Å². The predicted molar refractivity (Wildman–Crippen MR) is 32.7 cm³/mol. The quantitative estimate of drug-likeness (QED) is 0.533. The number of aromatic nitrogens is 3. The van der Waals surface area contributed by atoms with Gasteiger partial charge >= 0.3 is 56.6 Å². The summed E-state index contributed by atoms with van der Waals surface area (Å²) in [5, 5.41) is 0.0919. The summed E-state index contributed by atoms with van der Waals surface area (Å²) in [7, 11) is 4.83. The molecule has 1 aromatic rings. The van der Waals surface area contributed by atoms with Crippen LogP contribution in [0.5, 0.6) is 0 Å². The second-order valence-electron chi connectivity index (χ2n) is 1.18. The second-order valence-corrected chi connectivity index (χ2v) is 1.52. The van der Waals surface area contributed by atoms with Gasteiger partial charge in [0.1, 0.15) is 0 Å². The van der Waals surface area contributed by atoms with E-state index in [0.717, 1.165) is 0 Å². The van der Waals surface area contributed by atoms with Crippen LogP contribution in [-0.4, -0.2) is 22.6 Å². The van der Waals surface area contributed by atoms with Crippen LogP contribution >= 0.6 is 11.6 Å². The monoisotopic (exact) mass is 139 g/mol. The fourth-order valence-corrected chi connectivity index (χ4v) is 0.450. The Labute approximate surface area is 57.4 Å². The minimum atomic E-state index is 0.0919. The molecule has 0 aliphatic rings. The van der Waals surface area contributed by atoms with Gasteiger partial charge in [-0.25, -0.2) is 0 Å². The van der Waals surface area contributed by atoms with E-state index >= 15 is 0 Å². The van der Waals surface area contributed by atoms with Crippen LogP contribution in [0.15, 0.2) is 11.2 Å². The molecule has 1 rings (SSSR count). The van der Waals surface area contributed by atoms with Crippen LogP contribution in [0.25, 0.3) is 0 Å². The summed E-state index contributed by atoms with van der Waals surface area (Å²) in [6.45, 7) is 0. The van der Waals surface area contributed by atoms with E-state index in [2.05, 4.69) is 19.8 Å². The molecule has 0 unspecified atom stereocenters. The van der Waals surface area contributed by atoms with Crippen molar-refractivity contribution in [3.63, 3.8) is 0 Å². The third kappa shape index (κ3) is 1.53. The van der Waals surface area contributed by atoms with Gasteiger partial charge in [-0.3, -0.25) is 0 Å². The third-order valence-electron chi connectivity index (χ3n) is 0.645. The molecule has 0 saturated carbocycles. The van der Waals surface area contributed by atoms with Gasteiger partial charge in [0.25, 0.3) is 0 Å². The van der Waals surface area contributed by atoms with Crippen LogP contribution in [0.1, 0.15) is 0 Å². The van der Waals surface area contributed by atoms with Crippen LogP contribution in [0.4, 0.5) is 5.95 Å². The topological polar surface area (TPSA) is 51.0 Å². The van der Waals surface area contributed by atoms with Crippen molar-refractivity contribution in [3.8, 4) is 0 Å². The molecular formula is C3HBClN4. The van der Waals surface area contributed by atoms with Crippen molar-refractivity contribution in [1.82, 2.24) is 15.0 Å². The predicted octanol–water partition coefficient (Wildman–Crippen LogP) is 0.509. The van der Waals surface area contributed by atoms with Crippen molar-refractivity contribution in [2.45, 2.75) is 0 Å². The van der Waals surface area contributed by atoms with Crippen molar-refractivity contribution in [1.29, 1.82) is 0 Å². The standard InChI is InChI=1S/C3HBClN4/c4-9-3-7-1-6-2(5)8-3/h1H. The SMILES string of the molecule is [B]=Nc1ncnc(Cl)n1. The Morgan fingerprint density at radius 3 is 2.78 bits per heavy atom. The van der Waals surface area contributed by atoms with E-state index in [1.54, 1.807) is 0 Å². The van der Waals surface area contributed by atoms with Crippen LogP contribution in [0, 0.1) is 0 Å². The van der Waals surface area contributed by atoms with E-state index in [9.17, 15) is 0 Å². The molecule has 1 radical (unpaired) electrons. The average Bonchev–Trinajstić information content (AvgIpc) is 1.88. The molecule has 6 heteroatoms. The maximum atomic E-state index is 5.35. The summed E-state index contributed by atoms with van der Waals surface area (Å²) < 4.78 is 0. The third-order valence-corrected chi connectivity index (χ3v) is 0.827. The van der Waals surface area contributed by atoms with E-state index in [1.807, 2.05) is 0 Å².